The van der Waals surface area contributed by atoms with Gasteiger partial charge in [0, 0.05) is 18.2 Å². The van der Waals surface area contributed by atoms with E-state index in [1.807, 2.05) is 19.9 Å². The molecule has 1 unspecified atom stereocenters. The maximum Gasteiger partial charge on any atom is 0.264 e. The van der Waals surface area contributed by atoms with Gasteiger partial charge in [-0.15, -0.1) is 0 Å². The molecular formula is C29H34FN3O4S. The summed E-state index contributed by atoms with van der Waals surface area (Å²) in [5.41, 5.74) is 2.23. The summed E-state index contributed by atoms with van der Waals surface area (Å²) in [4.78, 5) is 27.9. The van der Waals surface area contributed by atoms with E-state index in [0.717, 1.165) is 15.4 Å². The van der Waals surface area contributed by atoms with Crippen LogP contribution in [0.1, 0.15) is 37.5 Å². The summed E-state index contributed by atoms with van der Waals surface area (Å²) in [6, 6.07) is 18.0. The van der Waals surface area contributed by atoms with Gasteiger partial charge in [-0.2, -0.15) is 0 Å². The molecule has 2 amide bonds. The number of sulfonamides is 1. The van der Waals surface area contributed by atoms with E-state index in [-0.39, 0.29) is 23.0 Å². The maximum absolute atomic E-state index is 14.6. The van der Waals surface area contributed by atoms with Gasteiger partial charge in [-0.25, -0.2) is 12.8 Å². The number of nitrogens with one attached hydrogen (secondary N) is 1. The number of amides is 2. The van der Waals surface area contributed by atoms with Crippen molar-refractivity contribution in [2.45, 2.75) is 58.1 Å². The van der Waals surface area contributed by atoms with Crippen LogP contribution >= 0.6 is 0 Å². The van der Waals surface area contributed by atoms with Crippen LogP contribution in [0.5, 0.6) is 0 Å². The van der Waals surface area contributed by atoms with E-state index in [0.29, 0.717) is 5.69 Å². The number of hydrogen-bond donors (Lipinski definition) is 1. The van der Waals surface area contributed by atoms with Gasteiger partial charge in [0.15, 0.2) is 0 Å². The predicted octanol–water partition coefficient (Wildman–Crippen LogP) is 4.58. The summed E-state index contributed by atoms with van der Waals surface area (Å²) in [5, 5.41) is 2.77. The molecule has 7 nitrogen and oxygen atoms in total. The van der Waals surface area contributed by atoms with Gasteiger partial charge in [0.05, 0.1) is 10.6 Å². The van der Waals surface area contributed by atoms with E-state index in [2.05, 4.69) is 5.32 Å². The molecule has 3 aromatic carbocycles. The highest BCUT2D eigenvalue weighted by atomic mass is 32.2. The molecule has 1 atom stereocenters. The highest BCUT2D eigenvalue weighted by Crippen LogP contribution is 2.26. The number of rotatable bonds is 10. The molecule has 3 aromatic rings. The Bertz CT molecular complexity index is 1390. The van der Waals surface area contributed by atoms with Crippen molar-refractivity contribution >= 4 is 27.5 Å². The van der Waals surface area contributed by atoms with Gasteiger partial charge in [0.25, 0.3) is 10.0 Å². The summed E-state index contributed by atoms with van der Waals surface area (Å²) in [5.74, 6) is -1.59. The summed E-state index contributed by atoms with van der Waals surface area (Å²) < 4.78 is 43.2. The van der Waals surface area contributed by atoms with E-state index in [4.69, 9.17) is 0 Å². The lowest BCUT2D eigenvalue weighted by Gasteiger charge is -2.32. The molecule has 0 saturated heterocycles. The molecule has 1 N–H and O–H groups in total. The average Bonchev–Trinajstić information content (AvgIpc) is 2.86. The second-order valence-corrected chi connectivity index (χ2v) is 11.5. The smallest absolute Gasteiger partial charge is 0.264 e. The van der Waals surface area contributed by atoms with Crippen LogP contribution in [0.4, 0.5) is 10.1 Å². The van der Waals surface area contributed by atoms with Crippen LogP contribution in [-0.2, 0) is 26.2 Å². The number of carbonyl (C=O) groups is 2. The molecule has 202 valence electrons. The Balaban J connectivity index is 2.04. The van der Waals surface area contributed by atoms with Crippen LogP contribution in [0.25, 0.3) is 0 Å². The molecule has 0 aromatic heterocycles. The third-order valence-corrected chi connectivity index (χ3v) is 7.86. The molecule has 0 aliphatic heterocycles. The third kappa shape index (κ3) is 6.98. The molecule has 0 aliphatic rings. The second-order valence-electron chi connectivity index (χ2n) is 9.62. The standard InChI is InChI=1S/C29H34FN3O4S/c1-20(2)31-29(35)23(5)32(18-24-10-6-7-12-27(24)30)28(34)19-33(25-11-8-9-22(4)17-25)38(36,37)26-15-13-21(3)14-16-26/h6-17,20,23H,18-19H2,1-5H3,(H,31,35). The molecule has 0 aliphatic carbocycles. The van der Waals surface area contributed by atoms with Gasteiger partial charge in [-0.3, -0.25) is 13.9 Å². The Kier molecular flexibility index (Phi) is 9.27. The lowest BCUT2D eigenvalue weighted by molar-refractivity contribution is -0.139. The van der Waals surface area contributed by atoms with Crippen molar-refractivity contribution in [3.05, 3.63) is 95.3 Å². The zero-order valence-electron chi connectivity index (χ0n) is 22.3. The summed E-state index contributed by atoms with van der Waals surface area (Å²) >= 11 is 0. The first kappa shape index (κ1) is 28.8. The van der Waals surface area contributed by atoms with Crippen molar-refractivity contribution < 1.29 is 22.4 Å². The van der Waals surface area contributed by atoms with E-state index in [9.17, 15) is 22.4 Å². The number of halogens is 1. The highest BCUT2D eigenvalue weighted by molar-refractivity contribution is 7.92. The molecule has 0 fully saturated rings. The molecule has 0 saturated carbocycles. The van der Waals surface area contributed by atoms with E-state index < -0.39 is 40.2 Å². The Morgan fingerprint density at radius 3 is 2.16 bits per heavy atom. The quantitative estimate of drug-likeness (QED) is 0.409. The van der Waals surface area contributed by atoms with Crippen LogP contribution in [-0.4, -0.2) is 43.8 Å². The highest BCUT2D eigenvalue weighted by Gasteiger charge is 2.33. The summed E-state index contributed by atoms with van der Waals surface area (Å²) in [6.07, 6.45) is 0. The molecule has 0 heterocycles. The minimum absolute atomic E-state index is 0.0312. The monoisotopic (exact) mass is 539 g/mol. The number of anilines is 1. The van der Waals surface area contributed by atoms with E-state index in [1.54, 1.807) is 57.2 Å². The fraction of sp³-hybridized carbons (Fsp3) is 0.310. The minimum Gasteiger partial charge on any atom is -0.352 e. The van der Waals surface area contributed by atoms with E-state index >= 15 is 0 Å². The third-order valence-electron chi connectivity index (χ3n) is 6.07. The number of benzene rings is 3. The van der Waals surface area contributed by atoms with Gasteiger partial charge in [0.1, 0.15) is 18.4 Å². The Morgan fingerprint density at radius 1 is 0.895 bits per heavy atom. The van der Waals surface area contributed by atoms with Gasteiger partial charge in [0.2, 0.25) is 11.8 Å². The van der Waals surface area contributed by atoms with Gasteiger partial charge < -0.3 is 10.2 Å². The molecule has 3 rings (SSSR count). The van der Waals surface area contributed by atoms with Crippen LogP contribution in [0.2, 0.25) is 0 Å². The Hall–Kier alpha value is -3.72. The second kappa shape index (κ2) is 12.2. The SMILES string of the molecule is Cc1ccc(S(=O)(=O)N(CC(=O)N(Cc2ccccc2F)C(C)C(=O)NC(C)C)c2cccc(C)c2)cc1. The zero-order valence-corrected chi connectivity index (χ0v) is 23.1. The van der Waals surface area contributed by atoms with Gasteiger partial charge >= 0.3 is 0 Å². The largest absolute Gasteiger partial charge is 0.352 e. The normalized spacial score (nSPS) is 12.2. The van der Waals surface area contributed by atoms with Crippen LogP contribution in [0.15, 0.2) is 77.7 Å². The number of hydrogen-bond acceptors (Lipinski definition) is 4. The maximum atomic E-state index is 14.6. The lowest BCUT2D eigenvalue weighted by Crippen LogP contribution is -2.52. The summed E-state index contributed by atoms with van der Waals surface area (Å²) in [6.45, 7) is 8.02. The topological polar surface area (TPSA) is 86.8 Å². The average molecular weight is 540 g/mol. The number of carbonyl (C=O) groups excluding carboxylic acids is 2. The summed E-state index contributed by atoms with van der Waals surface area (Å²) in [7, 11) is -4.15. The number of aryl methyl sites for hydroxylation is 2. The molecule has 9 heteroatoms. The Labute approximate surface area is 224 Å². The van der Waals surface area contributed by atoms with Crippen molar-refractivity contribution in [1.82, 2.24) is 10.2 Å². The molecule has 0 bridgehead atoms. The van der Waals surface area contributed by atoms with Crippen LogP contribution in [0, 0.1) is 19.7 Å². The van der Waals surface area contributed by atoms with Crippen molar-refractivity contribution in [2.24, 2.45) is 0 Å². The van der Waals surface area contributed by atoms with Crippen molar-refractivity contribution in [2.75, 3.05) is 10.8 Å². The lowest BCUT2D eigenvalue weighted by atomic mass is 10.1. The number of nitrogens with zero attached hydrogens (tertiary/aromatic N) is 2. The predicted molar refractivity (Wildman–Crippen MR) is 147 cm³/mol. The molecule has 0 spiro atoms. The minimum atomic E-state index is -4.15. The van der Waals surface area contributed by atoms with Gasteiger partial charge in [-0.1, -0.05) is 48.0 Å². The van der Waals surface area contributed by atoms with Crippen LogP contribution in [0.3, 0.4) is 0 Å². The molecular weight excluding hydrogens is 505 g/mol. The molecule has 38 heavy (non-hydrogen) atoms. The van der Waals surface area contributed by atoms with Crippen molar-refractivity contribution in [1.29, 1.82) is 0 Å². The Morgan fingerprint density at radius 2 is 1.55 bits per heavy atom. The van der Waals surface area contributed by atoms with Gasteiger partial charge in [-0.05, 0) is 70.5 Å². The van der Waals surface area contributed by atoms with Crippen molar-refractivity contribution in [3.8, 4) is 0 Å². The molecule has 0 radical (unpaired) electrons. The van der Waals surface area contributed by atoms with Crippen molar-refractivity contribution in [3.63, 3.8) is 0 Å². The first-order chi connectivity index (χ1) is 17.9. The van der Waals surface area contributed by atoms with E-state index in [1.165, 1.54) is 35.2 Å². The fourth-order valence-corrected chi connectivity index (χ4v) is 5.35. The first-order valence-electron chi connectivity index (χ1n) is 12.4. The fourth-order valence-electron chi connectivity index (χ4n) is 3.95. The first-order valence-corrected chi connectivity index (χ1v) is 13.8. The van der Waals surface area contributed by atoms with Crippen LogP contribution < -0.4 is 9.62 Å². The zero-order chi connectivity index (χ0) is 28.0.